The second kappa shape index (κ2) is 5.66. The minimum atomic E-state index is -1.06. The van der Waals surface area contributed by atoms with Crippen LogP contribution in [0.5, 0.6) is 0 Å². The lowest BCUT2D eigenvalue weighted by Crippen LogP contribution is -2.49. The molecule has 0 radical (unpaired) electrons. The molecule has 1 fully saturated rings. The highest BCUT2D eigenvalue weighted by molar-refractivity contribution is 5.89. The molecule has 2 amide bonds. The highest BCUT2D eigenvalue weighted by atomic mass is 16.5. The van der Waals surface area contributed by atoms with Crippen molar-refractivity contribution < 1.29 is 19.4 Å². The van der Waals surface area contributed by atoms with Crippen molar-refractivity contribution in [3.8, 4) is 0 Å². The van der Waals surface area contributed by atoms with Crippen LogP contribution in [0.4, 0.5) is 10.5 Å². The molecule has 1 aromatic rings. The van der Waals surface area contributed by atoms with E-state index in [9.17, 15) is 9.59 Å². The molecule has 1 aromatic heterocycles. The van der Waals surface area contributed by atoms with Gasteiger partial charge in [0.15, 0.2) is 6.10 Å². The number of urea groups is 1. The zero-order chi connectivity index (χ0) is 13.8. The first kappa shape index (κ1) is 13.3. The fourth-order valence-corrected chi connectivity index (χ4v) is 1.81. The fourth-order valence-electron chi connectivity index (χ4n) is 1.81. The maximum atomic E-state index is 12.0. The molecule has 2 N–H and O–H groups in total. The molecule has 7 nitrogen and oxygen atoms in total. The third-order valence-corrected chi connectivity index (χ3v) is 2.76. The number of aryl methyl sites for hydroxylation is 1. The maximum Gasteiger partial charge on any atom is 0.334 e. The lowest BCUT2D eigenvalue weighted by atomic mass is 10.3. The van der Waals surface area contributed by atoms with E-state index in [0.717, 1.165) is 5.56 Å². The summed E-state index contributed by atoms with van der Waals surface area (Å²) in [5.41, 5.74) is 1.52. The number of amides is 2. The van der Waals surface area contributed by atoms with Gasteiger partial charge in [0.1, 0.15) is 0 Å². The number of aliphatic carboxylic acids is 1. The van der Waals surface area contributed by atoms with Crippen LogP contribution in [-0.2, 0) is 9.53 Å². The topological polar surface area (TPSA) is 91.8 Å². The van der Waals surface area contributed by atoms with Crippen molar-refractivity contribution >= 4 is 17.7 Å². The third-order valence-electron chi connectivity index (χ3n) is 2.76. The van der Waals surface area contributed by atoms with Crippen LogP contribution in [0.1, 0.15) is 5.56 Å². The largest absolute Gasteiger partial charge is 0.479 e. The van der Waals surface area contributed by atoms with Gasteiger partial charge in [-0.15, -0.1) is 0 Å². The molecule has 102 valence electrons. The Labute approximate surface area is 110 Å². The number of hydrogen-bond donors (Lipinski definition) is 2. The van der Waals surface area contributed by atoms with Crippen molar-refractivity contribution in [3.05, 3.63) is 24.0 Å². The van der Waals surface area contributed by atoms with E-state index in [1.54, 1.807) is 18.5 Å². The minimum Gasteiger partial charge on any atom is -0.479 e. The smallest absolute Gasteiger partial charge is 0.334 e. The lowest BCUT2D eigenvalue weighted by Gasteiger charge is -2.30. The molecule has 0 aromatic carbocycles. The number of aromatic nitrogens is 1. The molecule has 2 rings (SSSR count). The first-order valence-corrected chi connectivity index (χ1v) is 5.88. The third kappa shape index (κ3) is 3.41. The Balaban J connectivity index is 1.98. The molecule has 0 bridgehead atoms. The molecule has 2 heterocycles. The van der Waals surface area contributed by atoms with Gasteiger partial charge in [0.2, 0.25) is 0 Å². The summed E-state index contributed by atoms with van der Waals surface area (Å²) < 4.78 is 5.06. The number of pyridine rings is 1. The predicted molar refractivity (Wildman–Crippen MR) is 66.9 cm³/mol. The van der Waals surface area contributed by atoms with Crippen molar-refractivity contribution in [1.29, 1.82) is 0 Å². The monoisotopic (exact) mass is 265 g/mol. The average molecular weight is 265 g/mol. The standard InChI is InChI=1S/C12H15N3O4/c1-8-4-9(6-13-5-8)14-12(18)15-2-3-19-10(7-15)11(16)17/h4-6,10H,2-3,7H2,1H3,(H,14,18)(H,16,17). The summed E-state index contributed by atoms with van der Waals surface area (Å²) >= 11 is 0. The number of nitrogens with zero attached hydrogens (tertiary/aromatic N) is 2. The quantitative estimate of drug-likeness (QED) is 0.821. The van der Waals surface area contributed by atoms with Gasteiger partial charge in [-0.25, -0.2) is 9.59 Å². The fraction of sp³-hybridized carbons (Fsp3) is 0.417. The normalized spacial score (nSPS) is 19.0. The highest BCUT2D eigenvalue weighted by Gasteiger charge is 2.28. The van der Waals surface area contributed by atoms with E-state index in [1.807, 2.05) is 6.92 Å². The SMILES string of the molecule is Cc1cncc(NC(=O)N2CCOC(C(=O)O)C2)c1. The average Bonchev–Trinajstić information content (AvgIpc) is 2.39. The number of rotatable bonds is 2. The molecule has 1 saturated heterocycles. The molecule has 1 aliphatic heterocycles. The molecule has 1 aliphatic rings. The Morgan fingerprint density at radius 3 is 3.00 bits per heavy atom. The summed E-state index contributed by atoms with van der Waals surface area (Å²) in [5, 5.41) is 11.6. The van der Waals surface area contributed by atoms with Crippen molar-refractivity contribution in [1.82, 2.24) is 9.88 Å². The molecule has 0 saturated carbocycles. The molecule has 0 aliphatic carbocycles. The molecule has 19 heavy (non-hydrogen) atoms. The summed E-state index contributed by atoms with van der Waals surface area (Å²) in [6.07, 6.45) is 2.26. The number of morpholine rings is 1. The predicted octanol–water partition coefficient (Wildman–Crippen LogP) is 0.707. The number of carboxylic acids is 1. The number of nitrogens with one attached hydrogen (secondary N) is 1. The zero-order valence-electron chi connectivity index (χ0n) is 10.5. The van der Waals surface area contributed by atoms with E-state index in [2.05, 4.69) is 10.3 Å². The van der Waals surface area contributed by atoms with E-state index in [4.69, 9.17) is 9.84 Å². The second-order valence-electron chi connectivity index (χ2n) is 4.32. The van der Waals surface area contributed by atoms with Crippen molar-refractivity contribution in [2.24, 2.45) is 0 Å². The Hall–Kier alpha value is -2.15. The molecule has 1 unspecified atom stereocenters. The molecule has 7 heteroatoms. The van der Waals surface area contributed by atoms with Gasteiger partial charge in [0, 0.05) is 12.7 Å². The van der Waals surface area contributed by atoms with Crippen molar-refractivity contribution in [2.45, 2.75) is 13.0 Å². The molecular formula is C12H15N3O4. The Morgan fingerprint density at radius 1 is 1.53 bits per heavy atom. The first-order valence-electron chi connectivity index (χ1n) is 5.88. The number of carbonyl (C=O) groups excluding carboxylic acids is 1. The van der Waals surface area contributed by atoms with Gasteiger partial charge in [-0.05, 0) is 18.6 Å². The summed E-state index contributed by atoms with van der Waals surface area (Å²) in [7, 11) is 0. The summed E-state index contributed by atoms with van der Waals surface area (Å²) in [4.78, 5) is 28.2. The maximum absolute atomic E-state index is 12.0. The number of hydrogen-bond acceptors (Lipinski definition) is 4. The molecule has 1 atom stereocenters. The van der Waals surface area contributed by atoms with Crippen LogP contribution in [-0.4, -0.2) is 52.8 Å². The Morgan fingerprint density at radius 2 is 2.32 bits per heavy atom. The van der Waals surface area contributed by atoms with Gasteiger partial charge < -0.3 is 20.1 Å². The molecular weight excluding hydrogens is 250 g/mol. The van der Waals surface area contributed by atoms with Crippen LogP contribution in [0.15, 0.2) is 18.5 Å². The van der Waals surface area contributed by atoms with E-state index in [0.29, 0.717) is 12.2 Å². The van der Waals surface area contributed by atoms with Crippen LogP contribution < -0.4 is 5.32 Å². The minimum absolute atomic E-state index is 0.0421. The van der Waals surface area contributed by atoms with E-state index >= 15 is 0 Å². The first-order chi connectivity index (χ1) is 9.06. The summed E-state index contributed by atoms with van der Waals surface area (Å²) in [5.74, 6) is -1.06. The van der Waals surface area contributed by atoms with Gasteiger partial charge in [-0.3, -0.25) is 4.98 Å². The Bertz CT molecular complexity index is 492. The lowest BCUT2D eigenvalue weighted by molar-refractivity contribution is -0.154. The van der Waals surface area contributed by atoms with E-state index in [1.165, 1.54) is 4.90 Å². The number of carbonyl (C=O) groups is 2. The van der Waals surface area contributed by atoms with Crippen LogP contribution in [0.3, 0.4) is 0 Å². The van der Waals surface area contributed by atoms with Gasteiger partial charge in [-0.2, -0.15) is 0 Å². The van der Waals surface area contributed by atoms with Crippen molar-refractivity contribution in [3.63, 3.8) is 0 Å². The van der Waals surface area contributed by atoms with E-state index in [-0.39, 0.29) is 19.2 Å². The van der Waals surface area contributed by atoms with Crippen molar-refractivity contribution in [2.75, 3.05) is 25.0 Å². The Kier molecular flexibility index (Phi) is 3.96. The van der Waals surface area contributed by atoms with Crippen LogP contribution in [0.25, 0.3) is 0 Å². The zero-order valence-corrected chi connectivity index (χ0v) is 10.5. The summed E-state index contributed by atoms with van der Waals surface area (Å²) in [6.45, 7) is 2.50. The van der Waals surface area contributed by atoms with Gasteiger partial charge in [-0.1, -0.05) is 0 Å². The van der Waals surface area contributed by atoms with Gasteiger partial charge in [0.25, 0.3) is 0 Å². The van der Waals surface area contributed by atoms with E-state index < -0.39 is 12.1 Å². The second-order valence-corrected chi connectivity index (χ2v) is 4.32. The van der Waals surface area contributed by atoms with Crippen LogP contribution >= 0.6 is 0 Å². The van der Waals surface area contributed by atoms with Crippen LogP contribution in [0, 0.1) is 6.92 Å². The van der Waals surface area contributed by atoms with Crippen LogP contribution in [0.2, 0.25) is 0 Å². The summed E-state index contributed by atoms with van der Waals surface area (Å²) in [6, 6.07) is 1.45. The number of anilines is 1. The van der Waals surface area contributed by atoms with Gasteiger partial charge in [0.05, 0.1) is 25.0 Å². The molecule has 0 spiro atoms. The number of ether oxygens (including phenoxy) is 1. The highest BCUT2D eigenvalue weighted by Crippen LogP contribution is 2.11. The number of carboxylic acid groups (broad SMARTS) is 1. The van der Waals surface area contributed by atoms with Gasteiger partial charge >= 0.3 is 12.0 Å².